The first-order valence-corrected chi connectivity index (χ1v) is 12.0. The van der Waals surface area contributed by atoms with Crippen molar-refractivity contribution in [3.05, 3.63) is 69.5 Å². The maximum absolute atomic E-state index is 12.0. The number of aromatic nitrogens is 1. The van der Waals surface area contributed by atoms with Crippen LogP contribution in [-0.4, -0.2) is 36.6 Å². The van der Waals surface area contributed by atoms with E-state index in [1.807, 2.05) is 24.3 Å². The minimum absolute atomic E-state index is 0.0244. The highest BCUT2D eigenvalue weighted by Gasteiger charge is 2.15. The lowest BCUT2D eigenvalue weighted by atomic mass is 10.0. The molecule has 4 rings (SSSR count). The number of nitrogens with zero attached hydrogens (tertiary/aromatic N) is 1. The van der Waals surface area contributed by atoms with Crippen molar-refractivity contribution in [2.24, 2.45) is 5.92 Å². The topological polar surface area (TPSA) is 60.5 Å². The molecule has 162 valence electrons. The van der Waals surface area contributed by atoms with Crippen LogP contribution in [0.1, 0.15) is 23.3 Å². The number of ether oxygens (including phenoxy) is 2. The van der Waals surface area contributed by atoms with E-state index in [1.54, 1.807) is 0 Å². The first kappa shape index (κ1) is 22.0. The van der Waals surface area contributed by atoms with E-state index >= 15 is 0 Å². The molecule has 7 heteroatoms. The fraction of sp³-hybridized carbons (Fsp3) is 0.333. The standard InChI is InChI=1S/C24H25BrN2O3S/c25-20-5-1-17(2-6-20)13-22-14-23(27-31-22)19-3-7-21(8-4-19)30-16-24(28)26-15-18-9-11-29-12-10-18/h1-8,14,18H,9-13,15-16H2,(H,26,28). The molecule has 2 heterocycles. The van der Waals surface area contributed by atoms with Crippen LogP contribution in [0, 0.1) is 5.92 Å². The lowest BCUT2D eigenvalue weighted by molar-refractivity contribution is -0.123. The first-order valence-electron chi connectivity index (χ1n) is 10.4. The maximum Gasteiger partial charge on any atom is 0.257 e. The van der Waals surface area contributed by atoms with Gasteiger partial charge in [0, 0.05) is 41.1 Å². The van der Waals surface area contributed by atoms with Crippen molar-refractivity contribution in [1.29, 1.82) is 0 Å². The van der Waals surface area contributed by atoms with Gasteiger partial charge in [0.25, 0.3) is 5.91 Å². The average Bonchev–Trinajstić information content (AvgIpc) is 3.27. The monoisotopic (exact) mass is 500 g/mol. The molecule has 3 aromatic rings. The Morgan fingerprint density at radius 1 is 1.13 bits per heavy atom. The summed E-state index contributed by atoms with van der Waals surface area (Å²) in [6.07, 6.45) is 2.88. The van der Waals surface area contributed by atoms with Crippen molar-refractivity contribution in [3.8, 4) is 17.0 Å². The minimum Gasteiger partial charge on any atom is -0.484 e. The Bertz CT molecular complexity index is 983. The third-order valence-electron chi connectivity index (χ3n) is 5.30. The van der Waals surface area contributed by atoms with Gasteiger partial charge in [-0.3, -0.25) is 4.79 Å². The molecule has 5 nitrogen and oxygen atoms in total. The predicted molar refractivity (Wildman–Crippen MR) is 127 cm³/mol. The van der Waals surface area contributed by atoms with Crippen molar-refractivity contribution < 1.29 is 14.3 Å². The van der Waals surface area contributed by atoms with Crippen LogP contribution in [0.2, 0.25) is 0 Å². The van der Waals surface area contributed by atoms with Gasteiger partial charge in [0.05, 0.1) is 5.69 Å². The summed E-state index contributed by atoms with van der Waals surface area (Å²) in [5.41, 5.74) is 3.25. The van der Waals surface area contributed by atoms with Gasteiger partial charge in [-0.1, -0.05) is 28.1 Å². The van der Waals surface area contributed by atoms with Crippen molar-refractivity contribution in [1.82, 2.24) is 9.69 Å². The van der Waals surface area contributed by atoms with Gasteiger partial charge >= 0.3 is 0 Å². The van der Waals surface area contributed by atoms with Gasteiger partial charge in [0.1, 0.15) is 5.75 Å². The van der Waals surface area contributed by atoms with E-state index in [1.165, 1.54) is 22.0 Å². The summed E-state index contributed by atoms with van der Waals surface area (Å²) in [5, 5.41) is 2.95. The molecule has 1 N–H and O–H groups in total. The quantitative estimate of drug-likeness (QED) is 0.468. The Labute approximate surface area is 195 Å². The van der Waals surface area contributed by atoms with Crippen LogP contribution in [0.25, 0.3) is 11.3 Å². The van der Waals surface area contributed by atoms with E-state index in [0.29, 0.717) is 18.2 Å². The molecule has 1 aliphatic rings. The lowest BCUT2D eigenvalue weighted by Gasteiger charge is -2.22. The van der Waals surface area contributed by atoms with E-state index in [4.69, 9.17) is 9.47 Å². The second kappa shape index (κ2) is 10.9. The van der Waals surface area contributed by atoms with Gasteiger partial charge in [-0.15, -0.1) is 0 Å². The summed E-state index contributed by atoms with van der Waals surface area (Å²) >= 11 is 4.99. The lowest BCUT2D eigenvalue weighted by Crippen LogP contribution is -2.35. The molecule has 31 heavy (non-hydrogen) atoms. The number of nitrogens with one attached hydrogen (secondary N) is 1. The molecule has 1 aromatic heterocycles. The molecule has 1 saturated heterocycles. The van der Waals surface area contributed by atoms with E-state index in [2.05, 4.69) is 56.0 Å². The Balaban J connectivity index is 1.25. The van der Waals surface area contributed by atoms with E-state index in [-0.39, 0.29) is 12.5 Å². The summed E-state index contributed by atoms with van der Waals surface area (Å²) in [6, 6.07) is 18.2. The number of halogens is 1. The molecule has 0 spiro atoms. The number of hydrogen-bond donors (Lipinski definition) is 1. The Morgan fingerprint density at radius 3 is 2.61 bits per heavy atom. The average molecular weight is 501 g/mol. The predicted octanol–water partition coefficient (Wildman–Crippen LogP) is 5.09. The third kappa shape index (κ3) is 6.63. The number of carbonyl (C=O) groups excluding carboxylic acids is 1. The Kier molecular flexibility index (Phi) is 7.72. The van der Waals surface area contributed by atoms with Crippen LogP contribution in [0.4, 0.5) is 0 Å². The van der Waals surface area contributed by atoms with Crippen molar-refractivity contribution >= 4 is 33.4 Å². The van der Waals surface area contributed by atoms with Crippen LogP contribution in [0.3, 0.4) is 0 Å². The fourth-order valence-electron chi connectivity index (χ4n) is 3.47. The first-order chi connectivity index (χ1) is 15.2. The van der Waals surface area contributed by atoms with Crippen LogP contribution < -0.4 is 10.1 Å². The number of amides is 1. The zero-order valence-electron chi connectivity index (χ0n) is 17.2. The Hall–Kier alpha value is -2.22. The SMILES string of the molecule is O=C(COc1ccc(-c2cc(Cc3ccc(Br)cc3)sn2)cc1)NCC1CCOCC1. The molecule has 0 radical (unpaired) electrons. The normalized spacial score (nSPS) is 14.4. The van der Waals surface area contributed by atoms with Crippen LogP contribution in [-0.2, 0) is 16.0 Å². The number of hydrogen-bond acceptors (Lipinski definition) is 5. The van der Waals surface area contributed by atoms with Gasteiger partial charge in [0.2, 0.25) is 0 Å². The molecule has 0 saturated carbocycles. The molecular formula is C24H25BrN2O3S. The van der Waals surface area contributed by atoms with Gasteiger partial charge in [-0.25, -0.2) is 0 Å². The third-order valence-corrected chi connectivity index (χ3v) is 6.61. The molecule has 2 aromatic carbocycles. The molecule has 0 aliphatic carbocycles. The summed E-state index contributed by atoms with van der Waals surface area (Å²) < 4.78 is 16.7. The molecule has 1 aliphatic heterocycles. The summed E-state index contributed by atoms with van der Waals surface area (Å²) in [5.74, 6) is 1.09. The van der Waals surface area contributed by atoms with Crippen LogP contribution >= 0.6 is 27.5 Å². The number of benzene rings is 2. The van der Waals surface area contributed by atoms with Crippen molar-refractivity contribution in [2.45, 2.75) is 19.3 Å². The van der Waals surface area contributed by atoms with Gasteiger partial charge in [0.15, 0.2) is 6.61 Å². The van der Waals surface area contributed by atoms with Crippen molar-refractivity contribution in [3.63, 3.8) is 0 Å². The highest BCUT2D eigenvalue weighted by atomic mass is 79.9. The highest BCUT2D eigenvalue weighted by molar-refractivity contribution is 9.10. The van der Waals surface area contributed by atoms with Gasteiger partial charge < -0.3 is 14.8 Å². The smallest absolute Gasteiger partial charge is 0.257 e. The van der Waals surface area contributed by atoms with E-state index in [9.17, 15) is 4.79 Å². The highest BCUT2D eigenvalue weighted by Crippen LogP contribution is 2.26. The van der Waals surface area contributed by atoms with E-state index < -0.39 is 0 Å². The molecule has 0 unspecified atom stereocenters. The van der Waals surface area contributed by atoms with Crippen LogP contribution in [0.5, 0.6) is 5.75 Å². The molecule has 0 atom stereocenters. The fourth-order valence-corrected chi connectivity index (χ4v) is 4.50. The number of carbonyl (C=O) groups is 1. The maximum atomic E-state index is 12.0. The zero-order chi connectivity index (χ0) is 21.5. The molecule has 1 fully saturated rings. The summed E-state index contributed by atoms with van der Waals surface area (Å²) in [7, 11) is 0. The summed E-state index contributed by atoms with van der Waals surface area (Å²) in [4.78, 5) is 13.3. The molecule has 0 bridgehead atoms. The van der Waals surface area contributed by atoms with E-state index in [0.717, 1.165) is 48.2 Å². The second-order valence-corrected chi connectivity index (χ2v) is 9.46. The summed E-state index contributed by atoms with van der Waals surface area (Å²) in [6.45, 7) is 2.29. The Morgan fingerprint density at radius 2 is 1.87 bits per heavy atom. The second-order valence-electron chi connectivity index (χ2n) is 7.65. The minimum atomic E-state index is -0.0901. The zero-order valence-corrected chi connectivity index (χ0v) is 19.6. The van der Waals surface area contributed by atoms with Gasteiger partial charge in [-0.05, 0) is 78.3 Å². The largest absolute Gasteiger partial charge is 0.484 e. The molecule has 1 amide bonds. The van der Waals surface area contributed by atoms with Crippen LogP contribution in [0.15, 0.2) is 59.1 Å². The molecular weight excluding hydrogens is 476 g/mol. The van der Waals surface area contributed by atoms with Gasteiger partial charge in [-0.2, -0.15) is 4.37 Å². The number of rotatable bonds is 8. The van der Waals surface area contributed by atoms with Crippen molar-refractivity contribution in [2.75, 3.05) is 26.4 Å².